The number of nitrogens with two attached hydrogens (primary N) is 1. The molecule has 2 heteroatoms. The van der Waals surface area contributed by atoms with Gasteiger partial charge in [0.1, 0.15) is 0 Å². The van der Waals surface area contributed by atoms with Crippen molar-refractivity contribution in [3.8, 4) is 0 Å². The topological polar surface area (TPSA) is 29.3 Å². The Hall–Kier alpha value is -1.02. The first-order valence-corrected chi connectivity index (χ1v) is 5.75. The van der Waals surface area contributed by atoms with E-state index in [1.54, 1.807) is 0 Å². The molecule has 2 rings (SSSR count). The second-order valence-electron chi connectivity index (χ2n) is 4.52. The van der Waals surface area contributed by atoms with Crippen molar-refractivity contribution >= 4 is 5.69 Å². The fraction of sp³-hybridized carbons (Fsp3) is 0.538. The van der Waals surface area contributed by atoms with Crippen molar-refractivity contribution in [3.63, 3.8) is 0 Å². The van der Waals surface area contributed by atoms with Crippen LogP contribution in [0.1, 0.15) is 25.3 Å². The zero-order valence-corrected chi connectivity index (χ0v) is 9.61. The van der Waals surface area contributed by atoms with E-state index < -0.39 is 0 Å². The SMILES string of the molecule is CC(C1CC1)N(C)c1ccccc1CN. The molecule has 0 heterocycles. The van der Waals surface area contributed by atoms with E-state index in [4.69, 9.17) is 5.73 Å². The van der Waals surface area contributed by atoms with Crippen LogP contribution in [0.2, 0.25) is 0 Å². The molecule has 0 spiro atoms. The lowest BCUT2D eigenvalue weighted by molar-refractivity contribution is 0.607. The van der Waals surface area contributed by atoms with E-state index in [0.717, 1.165) is 5.92 Å². The molecule has 1 aromatic rings. The van der Waals surface area contributed by atoms with Gasteiger partial charge in [0.15, 0.2) is 0 Å². The highest BCUT2D eigenvalue weighted by Crippen LogP contribution is 2.36. The molecule has 0 bridgehead atoms. The van der Waals surface area contributed by atoms with E-state index in [1.807, 2.05) is 0 Å². The van der Waals surface area contributed by atoms with Crippen molar-refractivity contribution in [2.75, 3.05) is 11.9 Å². The van der Waals surface area contributed by atoms with Crippen LogP contribution in [-0.4, -0.2) is 13.1 Å². The molecule has 0 saturated heterocycles. The Bertz CT molecular complexity index is 331. The molecule has 1 aliphatic rings. The number of anilines is 1. The van der Waals surface area contributed by atoms with Crippen molar-refractivity contribution in [3.05, 3.63) is 29.8 Å². The van der Waals surface area contributed by atoms with E-state index in [2.05, 4.69) is 43.1 Å². The van der Waals surface area contributed by atoms with Crippen molar-refractivity contribution < 1.29 is 0 Å². The third kappa shape index (κ3) is 2.15. The predicted octanol–water partition coefficient (Wildman–Crippen LogP) is 2.38. The van der Waals surface area contributed by atoms with Gasteiger partial charge in [0.2, 0.25) is 0 Å². The molecule has 2 nitrogen and oxygen atoms in total. The van der Waals surface area contributed by atoms with Crippen molar-refractivity contribution in [2.24, 2.45) is 11.7 Å². The molecule has 82 valence electrons. The Morgan fingerprint density at radius 3 is 2.67 bits per heavy atom. The van der Waals surface area contributed by atoms with Gasteiger partial charge in [0.25, 0.3) is 0 Å². The third-order valence-corrected chi connectivity index (χ3v) is 3.51. The fourth-order valence-electron chi connectivity index (χ4n) is 2.14. The molecule has 0 aromatic heterocycles. The van der Waals surface area contributed by atoms with Crippen molar-refractivity contribution in [1.29, 1.82) is 0 Å². The van der Waals surface area contributed by atoms with Crippen LogP contribution in [-0.2, 0) is 6.54 Å². The Labute approximate surface area is 92.1 Å². The Kier molecular flexibility index (Phi) is 2.96. The summed E-state index contributed by atoms with van der Waals surface area (Å²) in [4.78, 5) is 2.37. The molecular weight excluding hydrogens is 184 g/mol. The minimum Gasteiger partial charge on any atom is -0.371 e. The van der Waals surface area contributed by atoms with Crippen molar-refractivity contribution in [1.82, 2.24) is 0 Å². The number of nitrogens with zero attached hydrogens (tertiary/aromatic N) is 1. The second-order valence-corrected chi connectivity index (χ2v) is 4.52. The maximum absolute atomic E-state index is 5.75. The van der Waals surface area contributed by atoms with Gasteiger partial charge >= 0.3 is 0 Å². The van der Waals surface area contributed by atoms with E-state index in [9.17, 15) is 0 Å². The Morgan fingerprint density at radius 2 is 2.07 bits per heavy atom. The molecule has 0 amide bonds. The zero-order chi connectivity index (χ0) is 10.8. The first-order chi connectivity index (χ1) is 7.24. The molecule has 15 heavy (non-hydrogen) atoms. The van der Waals surface area contributed by atoms with Crippen LogP contribution < -0.4 is 10.6 Å². The first-order valence-electron chi connectivity index (χ1n) is 5.75. The molecule has 0 radical (unpaired) electrons. The fourth-order valence-corrected chi connectivity index (χ4v) is 2.14. The third-order valence-electron chi connectivity index (χ3n) is 3.51. The summed E-state index contributed by atoms with van der Waals surface area (Å²) in [5, 5.41) is 0. The summed E-state index contributed by atoms with van der Waals surface area (Å²) in [6, 6.07) is 9.07. The minimum absolute atomic E-state index is 0.623. The van der Waals surface area contributed by atoms with Crippen LogP contribution in [0.4, 0.5) is 5.69 Å². The largest absolute Gasteiger partial charge is 0.371 e. The molecular formula is C13H20N2. The first kappa shape index (κ1) is 10.5. The van der Waals surface area contributed by atoms with E-state index >= 15 is 0 Å². The summed E-state index contributed by atoms with van der Waals surface area (Å²) in [7, 11) is 2.18. The number of rotatable bonds is 4. The van der Waals surface area contributed by atoms with Gasteiger partial charge in [-0.3, -0.25) is 0 Å². The molecule has 2 N–H and O–H groups in total. The lowest BCUT2D eigenvalue weighted by atomic mass is 10.1. The van der Waals surface area contributed by atoms with E-state index in [-0.39, 0.29) is 0 Å². The van der Waals surface area contributed by atoms with Crippen LogP contribution in [0.15, 0.2) is 24.3 Å². The lowest BCUT2D eigenvalue weighted by Crippen LogP contribution is -2.31. The van der Waals surface area contributed by atoms with Gasteiger partial charge in [-0.15, -0.1) is 0 Å². The molecule has 1 atom stereocenters. The van der Waals surface area contributed by atoms with Crippen LogP contribution in [0.3, 0.4) is 0 Å². The number of benzene rings is 1. The monoisotopic (exact) mass is 204 g/mol. The van der Waals surface area contributed by atoms with Crippen LogP contribution >= 0.6 is 0 Å². The van der Waals surface area contributed by atoms with Crippen LogP contribution in [0.5, 0.6) is 0 Å². The minimum atomic E-state index is 0.623. The highest BCUT2D eigenvalue weighted by Gasteiger charge is 2.30. The van der Waals surface area contributed by atoms with Gasteiger partial charge in [-0.2, -0.15) is 0 Å². The second kappa shape index (κ2) is 4.23. The standard InChI is InChI=1S/C13H20N2/c1-10(11-7-8-11)15(2)13-6-4-3-5-12(13)9-14/h3-6,10-11H,7-9,14H2,1-2H3. The number of hydrogen-bond acceptors (Lipinski definition) is 2. The maximum Gasteiger partial charge on any atom is 0.0411 e. The summed E-state index contributed by atoms with van der Waals surface area (Å²) in [5.41, 5.74) is 8.29. The molecule has 1 saturated carbocycles. The molecule has 1 aliphatic carbocycles. The predicted molar refractivity (Wildman–Crippen MR) is 64.9 cm³/mol. The number of para-hydroxylation sites is 1. The molecule has 1 unspecified atom stereocenters. The zero-order valence-electron chi connectivity index (χ0n) is 9.61. The summed E-state index contributed by atoms with van der Waals surface area (Å²) in [6.45, 7) is 2.93. The Balaban J connectivity index is 2.19. The average Bonchev–Trinajstić information content (AvgIpc) is 3.11. The van der Waals surface area contributed by atoms with Crippen LogP contribution in [0, 0.1) is 5.92 Å². The van der Waals surface area contributed by atoms with Gasteiger partial charge in [-0.25, -0.2) is 0 Å². The van der Waals surface area contributed by atoms with E-state index in [1.165, 1.54) is 24.1 Å². The van der Waals surface area contributed by atoms with Gasteiger partial charge in [0, 0.05) is 25.3 Å². The highest BCUT2D eigenvalue weighted by atomic mass is 15.1. The van der Waals surface area contributed by atoms with Crippen LogP contribution in [0.25, 0.3) is 0 Å². The maximum atomic E-state index is 5.75. The summed E-state index contributed by atoms with van der Waals surface area (Å²) < 4.78 is 0. The molecule has 1 aromatic carbocycles. The van der Waals surface area contributed by atoms with Gasteiger partial charge in [-0.05, 0) is 37.3 Å². The highest BCUT2D eigenvalue weighted by molar-refractivity contribution is 5.53. The van der Waals surface area contributed by atoms with Crippen molar-refractivity contribution in [2.45, 2.75) is 32.4 Å². The average molecular weight is 204 g/mol. The lowest BCUT2D eigenvalue weighted by Gasteiger charge is -2.28. The van der Waals surface area contributed by atoms with Gasteiger partial charge in [-0.1, -0.05) is 18.2 Å². The summed E-state index contributed by atoms with van der Waals surface area (Å²) >= 11 is 0. The summed E-state index contributed by atoms with van der Waals surface area (Å²) in [6.07, 6.45) is 2.77. The Morgan fingerprint density at radius 1 is 1.40 bits per heavy atom. The summed E-state index contributed by atoms with van der Waals surface area (Å²) in [5.74, 6) is 0.890. The quantitative estimate of drug-likeness (QED) is 0.816. The van der Waals surface area contributed by atoms with Gasteiger partial charge in [0.05, 0.1) is 0 Å². The van der Waals surface area contributed by atoms with Gasteiger partial charge < -0.3 is 10.6 Å². The number of hydrogen-bond donors (Lipinski definition) is 1. The normalized spacial score (nSPS) is 17.5. The van der Waals surface area contributed by atoms with E-state index in [0.29, 0.717) is 12.6 Å². The molecule has 0 aliphatic heterocycles. The smallest absolute Gasteiger partial charge is 0.0411 e. The molecule has 1 fully saturated rings.